The molecule has 2 aromatic carbocycles. The Bertz CT molecular complexity index is 1090. The number of hydrogen-bond donors (Lipinski definition) is 1. The number of nitrogens with one attached hydrogen (secondary N) is 1. The molecule has 174 valence electrons. The van der Waals surface area contributed by atoms with Crippen LogP contribution in [0.4, 0.5) is 0 Å². The molecule has 0 saturated carbocycles. The standard InChI is InChI=1S/C24H28ClN5O2S/c1-24(2,3)26-21(31)15-29(4)22(32)16-33-23-28-27-20(14-17-8-6-5-7-9-17)30(23)19-12-10-18(25)11-13-19/h5-13H,14-16H2,1-4H3,(H,26,31). The molecule has 0 spiro atoms. The SMILES string of the molecule is CN(CC(=O)NC(C)(C)C)C(=O)CSc1nnc(Cc2ccccc2)n1-c1ccc(Cl)cc1. The zero-order valence-electron chi connectivity index (χ0n) is 19.2. The van der Waals surface area contributed by atoms with Crippen LogP contribution in [-0.4, -0.2) is 56.4 Å². The van der Waals surface area contributed by atoms with Crippen LogP contribution in [0, 0.1) is 0 Å². The van der Waals surface area contributed by atoms with E-state index in [2.05, 4.69) is 15.5 Å². The molecule has 2 amide bonds. The van der Waals surface area contributed by atoms with Crippen molar-refractivity contribution in [2.45, 2.75) is 37.9 Å². The van der Waals surface area contributed by atoms with E-state index >= 15 is 0 Å². The second-order valence-corrected chi connectivity index (χ2v) is 10.1. The van der Waals surface area contributed by atoms with Crippen molar-refractivity contribution in [2.24, 2.45) is 0 Å². The Morgan fingerprint density at radius 2 is 1.73 bits per heavy atom. The molecule has 0 unspecified atom stereocenters. The smallest absolute Gasteiger partial charge is 0.240 e. The molecule has 0 aliphatic carbocycles. The van der Waals surface area contributed by atoms with E-state index < -0.39 is 0 Å². The van der Waals surface area contributed by atoms with Crippen LogP contribution in [0.25, 0.3) is 5.69 Å². The van der Waals surface area contributed by atoms with E-state index in [9.17, 15) is 9.59 Å². The Kier molecular flexibility index (Phi) is 8.15. The van der Waals surface area contributed by atoms with Crippen LogP contribution in [0.5, 0.6) is 0 Å². The predicted molar refractivity (Wildman–Crippen MR) is 132 cm³/mol. The largest absolute Gasteiger partial charge is 0.350 e. The molecular formula is C24H28ClN5O2S. The fourth-order valence-electron chi connectivity index (χ4n) is 3.13. The van der Waals surface area contributed by atoms with Crippen molar-refractivity contribution in [2.75, 3.05) is 19.3 Å². The van der Waals surface area contributed by atoms with Crippen molar-refractivity contribution in [3.05, 3.63) is 71.0 Å². The summed E-state index contributed by atoms with van der Waals surface area (Å²) in [5.74, 6) is 0.532. The van der Waals surface area contributed by atoms with Crippen molar-refractivity contribution < 1.29 is 9.59 Å². The molecule has 0 aliphatic heterocycles. The summed E-state index contributed by atoms with van der Waals surface area (Å²) >= 11 is 7.36. The van der Waals surface area contributed by atoms with E-state index in [-0.39, 0.29) is 29.7 Å². The maximum absolute atomic E-state index is 12.7. The van der Waals surface area contributed by atoms with E-state index in [1.165, 1.54) is 16.7 Å². The molecule has 33 heavy (non-hydrogen) atoms. The highest BCUT2D eigenvalue weighted by atomic mass is 35.5. The molecule has 3 rings (SSSR count). The number of benzene rings is 2. The van der Waals surface area contributed by atoms with E-state index in [1.54, 1.807) is 7.05 Å². The van der Waals surface area contributed by atoms with Gasteiger partial charge in [-0.1, -0.05) is 53.7 Å². The van der Waals surface area contributed by atoms with Gasteiger partial charge in [-0.05, 0) is 50.6 Å². The van der Waals surface area contributed by atoms with Gasteiger partial charge in [0.2, 0.25) is 11.8 Å². The summed E-state index contributed by atoms with van der Waals surface area (Å²) < 4.78 is 1.94. The molecule has 1 heterocycles. The normalized spacial score (nSPS) is 11.3. The minimum Gasteiger partial charge on any atom is -0.350 e. The van der Waals surface area contributed by atoms with Crippen LogP contribution in [0.15, 0.2) is 59.8 Å². The molecule has 9 heteroatoms. The Labute approximate surface area is 203 Å². The van der Waals surface area contributed by atoms with Gasteiger partial charge in [-0.25, -0.2) is 0 Å². The highest BCUT2D eigenvalue weighted by Crippen LogP contribution is 2.25. The zero-order chi connectivity index (χ0) is 24.0. The van der Waals surface area contributed by atoms with E-state index in [0.717, 1.165) is 17.1 Å². The highest BCUT2D eigenvalue weighted by Gasteiger charge is 2.20. The summed E-state index contributed by atoms with van der Waals surface area (Å²) in [6, 6.07) is 17.4. The number of thioether (sulfide) groups is 1. The maximum Gasteiger partial charge on any atom is 0.240 e. The molecule has 0 atom stereocenters. The van der Waals surface area contributed by atoms with Crippen molar-refractivity contribution in [3.63, 3.8) is 0 Å². The van der Waals surface area contributed by atoms with Crippen LogP contribution < -0.4 is 5.32 Å². The van der Waals surface area contributed by atoms with Gasteiger partial charge in [0.25, 0.3) is 0 Å². The number of likely N-dealkylation sites (N-methyl/N-ethyl adjacent to an activating group) is 1. The minimum atomic E-state index is -0.347. The van der Waals surface area contributed by atoms with Gasteiger partial charge in [0, 0.05) is 29.7 Å². The van der Waals surface area contributed by atoms with Crippen molar-refractivity contribution in [1.29, 1.82) is 0 Å². The lowest BCUT2D eigenvalue weighted by molar-refractivity contribution is -0.133. The second kappa shape index (κ2) is 10.9. The topological polar surface area (TPSA) is 80.1 Å². The monoisotopic (exact) mass is 485 g/mol. The Morgan fingerprint density at radius 3 is 2.36 bits per heavy atom. The first kappa shape index (κ1) is 24.8. The van der Waals surface area contributed by atoms with Gasteiger partial charge >= 0.3 is 0 Å². The van der Waals surface area contributed by atoms with Gasteiger partial charge in [-0.2, -0.15) is 0 Å². The summed E-state index contributed by atoms with van der Waals surface area (Å²) in [7, 11) is 1.62. The third-order valence-electron chi connectivity index (χ3n) is 4.64. The quantitative estimate of drug-likeness (QED) is 0.488. The summed E-state index contributed by atoms with van der Waals surface area (Å²) in [6.45, 7) is 5.71. The number of rotatable bonds is 8. The second-order valence-electron chi connectivity index (χ2n) is 8.71. The first-order valence-corrected chi connectivity index (χ1v) is 11.9. The van der Waals surface area contributed by atoms with E-state index in [0.29, 0.717) is 16.6 Å². The molecule has 0 radical (unpaired) electrons. The summed E-state index contributed by atoms with van der Waals surface area (Å²) in [5.41, 5.74) is 1.63. The molecule has 0 fully saturated rings. The van der Waals surface area contributed by atoms with Crippen molar-refractivity contribution >= 4 is 35.2 Å². The number of carbonyl (C=O) groups is 2. The summed E-state index contributed by atoms with van der Waals surface area (Å²) in [5, 5.41) is 12.8. The Morgan fingerprint density at radius 1 is 1.06 bits per heavy atom. The van der Waals surface area contributed by atoms with Crippen LogP contribution in [0.2, 0.25) is 5.02 Å². The lowest BCUT2D eigenvalue weighted by atomic mass is 10.1. The highest BCUT2D eigenvalue weighted by molar-refractivity contribution is 7.99. The fourth-order valence-corrected chi connectivity index (χ4v) is 4.17. The van der Waals surface area contributed by atoms with Crippen LogP contribution >= 0.6 is 23.4 Å². The Balaban J connectivity index is 1.75. The van der Waals surface area contributed by atoms with Crippen LogP contribution in [0.1, 0.15) is 32.2 Å². The number of halogens is 1. The average Bonchev–Trinajstić information content (AvgIpc) is 3.14. The van der Waals surface area contributed by atoms with Gasteiger partial charge < -0.3 is 10.2 Å². The maximum atomic E-state index is 12.7. The third kappa shape index (κ3) is 7.33. The average molecular weight is 486 g/mol. The lowest BCUT2D eigenvalue weighted by Gasteiger charge is -2.23. The predicted octanol–water partition coefficient (Wildman–Crippen LogP) is 3.98. The first-order chi connectivity index (χ1) is 15.6. The molecule has 7 nitrogen and oxygen atoms in total. The van der Waals surface area contributed by atoms with Gasteiger partial charge in [0.15, 0.2) is 5.16 Å². The van der Waals surface area contributed by atoms with E-state index in [4.69, 9.17) is 11.6 Å². The van der Waals surface area contributed by atoms with Crippen molar-refractivity contribution in [3.8, 4) is 5.69 Å². The molecule has 0 aliphatic rings. The van der Waals surface area contributed by atoms with Gasteiger partial charge in [-0.3, -0.25) is 14.2 Å². The van der Waals surface area contributed by atoms with Crippen LogP contribution in [0.3, 0.4) is 0 Å². The third-order valence-corrected chi connectivity index (χ3v) is 5.80. The van der Waals surface area contributed by atoms with Crippen LogP contribution in [-0.2, 0) is 16.0 Å². The van der Waals surface area contributed by atoms with Gasteiger partial charge in [0.05, 0.1) is 12.3 Å². The van der Waals surface area contributed by atoms with E-state index in [1.807, 2.05) is 79.9 Å². The number of amides is 2. The lowest BCUT2D eigenvalue weighted by Crippen LogP contribution is -2.46. The Hall–Kier alpha value is -2.84. The summed E-state index contributed by atoms with van der Waals surface area (Å²) in [4.78, 5) is 26.2. The number of hydrogen-bond acceptors (Lipinski definition) is 5. The first-order valence-electron chi connectivity index (χ1n) is 10.5. The number of aromatic nitrogens is 3. The minimum absolute atomic E-state index is 0.000203. The molecule has 0 bridgehead atoms. The van der Waals surface area contributed by atoms with Crippen molar-refractivity contribution in [1.82, 2.24) is 25.0 Å². The summed E-state index contributed by atoms with van der Waals surface area (Å²) in [6.07, 6.45) is 0.595. The fraction of sp³-hybridized carbons (Fsp3) is 0.333. The zero-order valence-corrected chi connectivity index (χ0v) is 20.8. The molecule has 1 N–H and O–H groups in total. The number of nitrogens with zero attached hydrogens (tertiary/aromatic N) is 4. The molecule has 1 aromatic heterocycles. The molecule has 0 saturated heterocycles. The molecule has 3 aromatic rings. The van der Waals surface area contributed by atoms with Gasteiger partial charge in [-0.15, -0.1) is 10.2 Å². The molecular weight excluding hydrogens is 458 g/mol. The van der Waals surface area contributed by atoms with Gasteiger partial charge in [0.1, 0.15) is 5.82 Å². The number of carbonyl (C=O) groups excluding carboxylic acids is 2.